The fourth-order valence-corrected chi connectivity index (χ4v) is 3.16. The van der Waals surface area contributed by atoms with E-state index in [1.54, 1.807) is 18.2 Å². The second-order valence-electron chi connectivity index (χ2n) is 6.81. The molecular weight excluding hydrogens is 385 g/mol. The molecule has 0 radical (unpaired) electrons. The predicted octanol–water partition coefficient (Wildman–Crippen LogP) is 5.24. The SMILES string of the molecule is Fc1ccc2nc(Nc3ccc(OC4=COC(Cc5ccccc5)O4)cc3)[nH]c2c1. The van der Waals surface area contributed by atoms with E-state index in [0.717, 1.165) is 11.3 Å². The molecule has 5 rings (SSSR count). The van der Waals surface area contributed by atoms with Crippen molar-refractivity contribution in [2.45, 2.75) is 12.7 Å². The van der Waals surface area contributed by atoms with Crippen molar-refractivity contribution in [3.05, 3.63) is 96.4 Å². The first-order valence-corrected chi connectivity index (χ1v) is 9.48. The van der Waals surface area contributed by atoms with Gasteiger partial charge in [0, 0.05) is 12.1 Å². The van der Waals surface area contributed by atoms with Gasteiger partial charge in [0.1, 0.15) is 11.6 Å². The first kappa shape index (κ1) is 18.1. The Balaban J connectivity index is 1.18. The summed E-state index contributed by atoms with van der Waals surface area (Å²) in [6.45, 7) is 0. The Kier molecular flexibility index (Phi) is 4.69. The lowest BCUT2D eigenvalue weighted by Crippen LogP contribution is -2.13. The lowest BCUT2D eigenvalue weighted by Gasteiger charge is -2.12. The molecule has 0 fully saturated rings. The summed E-state index contributed by atoms with van der Waals surface area (Å²) in [5.74, 6) is 1.15. The molecule has 2 heterocycles. The second-order valence-corrected chi connectivity index (χ2v) is 6.81. The average molecular weight is 403 g/mol. The molecule has 1 atom stereocenters. The molecule has 4 aromatic rings. The zero-order valence-electron chi connectivity index (χ0n) is 15.8. The van der Waals surface area contributed by atoms with Gasteiger partial charge in [0.25, 0.3) is 0 Å². The van der Waals surface area contributed by atoms with Gasteiger partial charge in [-0.1, -0.05) is 30.3 Å². The van der Waals surface area contributed by atoms with Crippen LogP contribution in [-0.4, -0.2) is 16.3 Å². The van der Waals surface area contributed by atoms with Crippen molar-refractivity contribution in [1.82, 2.24) is 9.97 Å². The Labute approximate surface area is 171 Å². The van der Waals surface area contributed by atoms with Crippen molar-refractivity contribution in [3.8, 4) is 5.75 Å². The number of hydrogen-bond acceptors (Lipinski definition) is 5. The molecule has 6 nitrogen and oxygen atoms in total. The lowest BCUT2D eigenvalue weighted by atomic mass is 10.1. The summed E-state index contributed by atoms with van der Waals surface area (Å²) in [6.07, 6.45) is 1.71. The van der Waals surface area contributed by atoms with Gasteiger partial charge in [-0.2, -0.15) is 0 Å². The van der Waals surface area contributed by atoms with Crippen LogP contribution >= 0.6 is 0 Å². The number of halogens is 1. The van der Waals surface area contributed by atoms with Crippen molar-refractivity contribution in [2.75, 3.05) is 5.32 Å². The van der Waals surface area contributed by atoms with Gasteiger partial charge in [-0.25, -0.2) is 9.37 Å². The van der Waals surface area contributed by atoms with E-state index in [0.29, 0.717) is 35.1 Å². The molecule has 0 spiro atoms. The number of ether oxygens (including phenoxy) is 3. The van der Waals surface area contributed by atoms with E-state index in [-0.39, 0.29) is 5.82 Å². The first-order chi connectivity index (χ1) is 14.7. The molecule has 3 aromatic carbocycles. The Bertz CT molecular complexity index is 1190. The van der Waals surface area contributed by atoms with Gasteiger partial charge in [0.2, 0.25) is 12.2 Å². The number of fused-ring (bicyclic) bond motifs is 1. The van der Waals surface area contributed by atoms with Gasteiger partial charge in [0.15, 0.2) is 6.26 Å². The number of hydrogen-bond donors (Lipinski definition) is 2. The van der Waals surface area contributed by atoms with Crippen LogP contribution in [0.1, 0.15) is 5.56 Å². The van der Waals surface area contributed by atoms with Crippen LogP contribution in [0.3, 0.4) is 0 Å². The first-order valence-electron chi connectivity index (χ1n) is 9.48. The molecule has 150 valence electrons. The Morgan fingerprint density at radius 3 is 2.70 bits per heavy atom. The van der Waals surface area contributed by atoms with Gasteiger partial charge >= 0.3 is 5.95 Å². The number of nitrogens with zero attached hydrogens (tertiary/aromatic N) is 1. The quantitative estimate of drug-likeness (QED) is 0.461. The number of aromatic amines is 1. The normalized spacial score (nSPS) is 15.4. The molecule has 2 N–H and O–H groups in total. The van der Waals surface area contributed by atoms with E-state index in [2.05, 4.69) is 15.3 Å². The minimum absolute atomic E-state index is 0.308. The maximum absolute atomic E-state index is 13.3. The standard InChI is InChI=1S/C23H18FN3O3/c24-16-6-11-19-20(13-16)27-23(26-19)25-17-7-9-18(10-8-17)29-22-14-28-21(30-22)12-15-4-2-1-3-5-15/h1-11,13-14,21H,12H2,(H2,25,26,27). The lowest BCUT2D eigenvalue weighted by molar-refractivity contribution is -0.0519. The Hall–Kier alpha value is -4.00. The number of H-pyrrole nitrogens is 1. The number of rotatable bonds is 6. The van der Waals surface area contributed by atoms with Crippen molar-refractivity contribution >= 4 is 22.7 Å². The van der Waals surface area contributed by atoms with E-state index >= 15 is 0 Å². The van der Waals surface area contributed by atoms with Crippen LogP contribution in [0.15, 0.2) is 85.0 Å². The largest absolute Gasteiger partial charge is 0.455 e. The van der Waals surface area contributed by atoms with Crippen LogP contribution in [0.2, 0.25) is 0 Å². The third kappa shape index (κ3) is 4.05. The third-order valence-electron chi connectivity index (χ3n) is 4.59. The Morgan fingerprint density at radius 1 is 1.03 bits per heavy atom. The van der Waals surface area contributed by atoms with Crippen molar-refractivity contribution in [1.29, 1.82) is 0 Å². The third-order valence-corrected chi connectivity index (χ3v) is 4.59. The van der Waals surface area contributed by atoms with Crippen molar-refractivity contribution in [3.63, 3.8) is 0 Å². The van der Waals surface area contributed by atoms with Crippen LogP contribution in [0, 0.1) is 5.82 Å². The van der Waals surface area contributed by atoms with Crippen LogP contribution < -0.4 is 10.1 Å². The summed E-state index contributed by atoms with van der Waals surface area (Å²) in [6, 6.07) is 21.7. The fraction of sp³-hybridized carbons (Fsp3) is 0.0870. The highest BCUT2D eigenvalue weighted by atomic mass is 19.1. The monoisotopic (exact) mass is 403 g/mol. The van der Waals surface area contributed by atoms with Crippen LogP contribution in [-0.2, 0) is 15.9 Å². The second kappa shape index (κ2) is 7.79. The van der Waals surface area contributed by atoms with E-state index in [9.17, 15) is 4.39 Å². The van der Waals surface area contributed by atoms with Gasteiger partial charge in [-0.15, -0.1) is 0 Å². The molecule has 1 aromatic heterocycles. The smallest absolute Gasteiger partial charge is 0.324 e. The number of anilines is 2. The minimum Gasteiger partial charge on any atom is -0.455 e. The highest BCUT2D eigenvalue weighted by Crippen LogP contribution is 2.25. The molecule has 0 amide bonds. The summed E-state index contributed by atoms with van der Waals surface area (Å²) >= 11 is 0. The van der Waals surface area contributed by atoms with Gasteiger partial charge in [0.05, 0.1) is 11.0 Å². The molecule has 1 aliphatic rings. The molecule has 1 unspecified atom stereocenters. The maximum atomic E-state index is 13.3. The van der Waals surface area contributed by atoms with Crippen LogP contribution in [0.5, 0.6) is 5.75 Å². The highest BCUT2D eigenvalue weighted by molar-refractivity contribution is 5.78. The molecule has 0 saturated heterocycles. The molecule has 0 aliphatic carbocycles. The molecule has 0 saturated carbocycles. The van der Waals surface area contributed by atoms with Gasteiger partial charge in [-0.3, -0.25) is 0 Å². The minimum atomic E-state index is -0.402. The van der Waals surface area contributed by atoms with Crippen LogP contribution in [0.25, 0.3) is 11.0 Å². The maximum Gasteiger partial charge on any atom is 0.324 e. The zero-order valence-corrected chi connectivity index (χ0v) is 15.8. The summed E-state index contributed by atoms with van der Waals surface area (Å²) in [5.41, 5.74) is 3.25. The van der Waals surface area contributed by atoms with E-state index in [1.807, 2.05) is 42.5 Å². The van der Waals surface area contributed by atoms with Crippen molar-refractivity contribution < 1.29 is 18.6 Å². The predicted molar refractivity (Wildman–Crippen MR) is 111 cm³/mol. The topological polar surface area (TPSA) is 68.4 Å². The van der Waals surface area contributed by atoms with Crippen molar-refractivity contribution in [2.24, 2.45) is 0 Å². The molecule has 1 aliphatic heterocycles. The van der Waals surface area contributed by atoms with E-state index in [1.165, 1.54) is 18.4 Å². The fourth-order valence-electron chi connectivity index (χ4n) is 3.16. The number of aromatic nitrogens is 2. The number of benzene rings is 3. The summed E-state index contributed by atoms with van der Waals surface area (Å²) in [5, 5.41) is 3.15. The van der Waals surface area contributed by atoms with E-state index < -0.39 is 6.29 Å². The van der Waals surface area contributed by atoms with Crippen LogP contribution in [0.4, 0.5) is 16.0 Å². The number of imidazole rings is 1. The average Bonchev–Trinajstić information content (AvgIpc) is 3.36. The summed E-state index contributed by atoms with van der Waals surface area (Å²) in [7, 11) is 0. The van der Waals surface area contributed by atoms with Gasteiger partial charge in [-0.05, 0) is 48.0 Å². The summed E-state index contributed by atoms with van der Waals surface area (Å²) < 4.78 is 30.3. The summed E-state index contributed by atoms with van der Waals surface area (Å²) in [4.78, 5) is 7.43. The molecule has 7 heteroatoms. The van der Waals surface area contributed by atoms with E-state index in [4.69, 9.17) is 14.2 Å². The number of nitrogens with one attached hydrogen (secondary N) is 2. The molecular formula is C23H18FN3O3. The Morgan fingerprint density at radius 2 is 1.87 bits per heavy atom. The zero-order chi connectivity index (χ0) is 20.3. The molecule has 30 heavy (non-hydrogen) atoms. The van der Waals surface area contributed by atoms with Gasteiger partial charge < -0.3 is 24.5 Å². The highest BCUT2D eigenvalue weighted by Gasteiger charge is 2.21. The molecule has 0 bridgehead atoms.